The Hall–Kier alpha value is -0.640. The molecule has 0 bridgehead atoms. The van der Waals surface area contributed by atoms with Crippen LogP contribution < -0.4 is 5.73 Å². The van der Waals surface area contributed by atoms with Crippen LogP contribution in [0.1, 0.15) is 5.89 Å². The van der Waals surface area contributed by atoms with E-state index in [-0.39, 0.29) is 0 Å². The van der Waals surface area contributed by atoms with Gasteiger partial charge in [0, 0.05) is 0 Å². The molecule has 1 heterocycles. The Morgan fingerprint density at radius 3 is 3.11 bits per heavy atom. The first-order chi connectivity index (χ1) is 4.33. The first-order valence-electron chi connectivity index (χ1n) is 2.52. The van der Waals surface area contributed by atoms with Crippen molar-refractivity contribution in [1.29, 1.82) is 0 Å². The summed E-state index contributed by atoms with van der Waals surface area (Å²) in [6.07, 6.45) is 3.51. The number of nitrogens with zero attached hydrogens (tertiary/aromatic N) is 1. The van der Waals surface area contributed by atoms with Gasteiger partial charge in [0.25, 0.3) is 0 Å². The molecule has 0 radical (unpaired) electrons. The minimum Gasteiger partial charge on any atom is -0.425 e. The van der Waals surface area contributed by atoms with Gasteiger partial charge in [-0.3, -0.25) is 0 Å². The molecule has 0 unspecified atom stereocenters. The lowest BCUT2D eigenvalue weighted by Gasteiger charge is -1.85. The average molecular weight is 144 g/mol. The molecular formula is C5H8N2OS. The largest absolute Gasteiger partial charge is 0.425 e. The van der Waals surface area contributed by atoms with Crippen LogP contribution in [0, 0.1) is 0 Å². The molecule has 3 nitrogen and oxygen atoms in total. The Morgan fingerprint density at radius 2 is 2.67 bits per heavy atom. The number of nitrogen functional groups attached to an aromatic ring is 1. The van der Waals surface area contributed by atoms with Crippen LogP contribution in [0.25, 0.3) is 0 Å². The Bertz CT molecular complexity index is 187. The van der Waals surface area contributed by atoms with Crippen molar-refractivity contribution >= 4 is 17.6 Å². The normalized spacial score (nSPS) is 9.89. The quantitative estimate of drug-likeness (QED) is 0.675. The molecule has 1 aromatic rings. The highest BCUT2D eigenvalue weighted by molar-refractivity contribution is 7.97. The van der Waals surface area contributed by atoms with Crippen LogP contribution in [0.4, 0.5) is 5.88 Å². The number of aromatic nitrogens is 1. The summed E-state index contributed by atoms with van der Waals surface area (Å²) in [4.78, 5) is 3.89. The van der Waals surface area contributed by atoms with Crippen LogP contribution >= 0.6 is 11.8 Å². The second-order valence-corrected chi connectivity index (χ2v) is 2.46. The summed E-state index contributed by atoms with van der Waals surface area (Å²) in [5.74, 6) is 1.87. The highest BCUT2D eigenvalue weighted by atomic mass is 32.2. The van der Waals surface area contributed by atoms with Gasteiger partial charge in [-0.2, -0.15) is 11.8 Å². The third-order valence-electron chi connectivity index (χ3n) is 0.839. The van der Waals surface area contributed by atoms with E-state index in [4.69, 9.17) is 10.2 Å². The number of thioether (sulfide) groups is 1. The van der Waals surface area contributed by atoms with Crippen LogP contribution in [0.3, 0.4) is 0 Å². The fraction of sp³-hybridized carbons (Fsp3) is 0.400. The van der Waals surface area contributed by atoms with Crippen LogP contribution in [-0.2, 0) is 5.75 Å². The van der Waals surface area contributed by atoms with E-state index in [1.807, 2.05) is 6.26 Å². The highest BCUT2D eigenvalue weighted by Crippen LogP contribution is 2.09. The van der Waals surface area contributed by atoms with Gasteiger partial charge >= 0.3 is 0 Å². The van der Waals surface area contributed by atoms with Crippen molar-refractivity contribution in [3.8, 4) is 0 Å². The first-order valence-corrected chi connectivity index (χ1v) is 3.91. The van der Waals surface area contributed by atoms with Crippen molar-refractivity contribution < 1.29 is 4.42 Å². The van der Waals surface area contributed by atoms with Gasteiger partial charge < -0.3 is 10.2 Å². The molecule has 1 rings (SSSR count). The summed E-state index contributed by atoms with van der Waals surface area (Å²) in [5, 5.41) is 0. The van der Waals surface area contributed by atoms with Gasteiger partial charge in [0.15, 0.2) is 0 Å². The molecule has 4 heteroatoms. The molecule has 0 aliphatic rings. The second-order valence-electron chi connectivity index (χ2n) is 1.59. The number of rotatable bonds is 2. The van der Waals surface area contributed by atoms with Crippen molar-refractivity contribution in [1.82, 2.24) is 4.98 Å². The third kappa shape index (κ3) is 1.64. The lowest BCUT2D eigenvalue weighted by molar-refractivity contribution is 0.534. The molecule has 0 aliphatic carbocycles. The van der Waals surface area contributed by atoms with E-state index >= 15 is 0 Å². The Kier molecular flexibility index (Phi) is 2.00. The van der Waals surface area contributed by atoms with E-state index in [1.165, 1.54) is 6.20 Å². The third-order valence-corrected chi connectivity index (χ3v) is 1.37. The molecule has 0 atom stereocenters. The Balaban J connectivity index is 2.61. The van der Waals surface area contributed by atoms with E-state index in [0.29, 0.717) is 11.8 Å². The van der Waals surface area contributed by atoms with Crippen molar-refractivity contribution in [2.75, 3.05) is 12.0 Å². The van der Waals surface area contributed by atoms with E-state index < -0.39 is 0 Å². The predicted octanol–water partition coefficient (Wildman–Crippen LogP) is 1.12. The molecule has 0 spiro atoms. The lowest BCUT2D eigenvalue weighted by atomic mass is 10.8. The molecular weight excluding hydrogens is 136 g/mol. The second kappa shape index (κ2) is 2.77. The summed E-state index contributed by atoms with van der Waals surface area (Å²) in [5.41, 5.74) is 5.27. The lowest BCUT2D eigenvalue weighted by Crippen LogP contribution is -1.77. The van der Waals surface area contributed by atoms with E-state index in [0.717, 1.165) is 5.75 Å². The molecule has 0 aliphatic heterocycles. The molecule has 2 N–H and O–H groups in total. The zero-order valence-electron chi connectivity index (χ0n) is 5.13. The molecule has 9 heavy (non-hydrogen) atoms. The number of nitrogens with two attached hydrogens (primary N) is 1. The fourth-order valence-electron chi connectivity index (χ4n) is 0.515. The van der Waals surface area contributed by atoms with Gasteiger partial charge in [-0.15, -0.1) is 0 Å². The molecule has 50 valence electrons. The Labute approximate surface area is 57.6 Å². The maximum Gasteiger partial charge on any atom is 0.211 e. The van der Waals surface area contributed by atoms with Crippen LogP contribution in [0.2, 0.25) is 0 Å². The summed E-state index contributed by atoms with van der Waals surface area (Å²) < 4.78 is 4.97. The predicted molar refractivity (Wildman–Crippen MR) is 38.1 cm³/mol. The number of anilines is 1. The molecule has 1 aromatic heterocycles. The molecule has 0 saturated carbocycles. The minimum absolute atomic E-state index is 0.388. The van der Waals surface area contributed by atoms with Gasteiger partial charge in [0.2, 0.25) is 11.8 Å². The smallest absolute Gasteiger partial charge is 0.211 e. The van der Waals surface area contributed by atoms with Gasteiger partial charge in [-0.25, -0.2) is 4.98 Å². The van der Waals surface area contributed by atoms with E-state index in [9.17, 15) is 0 Å². The minimum atomic E-state index is 0.388. The van der Waals surface area contributed by atoms with Crippen LogP contribution in [-0.4, -0.2) is 11.2 Å². The van der Waals surface area contributed by atoms with Gasteiger partial charge in [0.05, 0.1) is 11.9 Å². The maximum atomic E-state index is 5.27. The van der Waals surface area contributed by atoms with E-state index in [1.54, 1.807) is 11.8 Å². The van der Waals surface area contributed by atoms with Crippen molar-refractivity contribution in [2.45, 2.75) is 5.75 Å². The van der Waals surface area contributed by atoms with Crippen molar-refractivity contribution in [3.63, 3.8) is 0 Å². The van der Waals surface area contributed by atoms with Crippen molar-refractivity contribution in [2.24, 2.45) is 0 Å². The van der Waals surface area contributed by atoms with Gasteiger partial charge in [0.1, 0.15) is 0 Å². The van der Waals surface area contributed by atoms with Gasteiger partial charge in [-0.1, -0.05) is 0 Å². The summed E-state index contributed by atoms with van der Waals surface area (Å²) >= 11 is 1.66. The molecule has 0 saturated heterocycles. The summed E-state index contributed by atoms with van der Waals surface area (Å²) in [6.45, 7) is 0. The summed E-state index contributed by atoms with van der Waals surface area (Å²) in [7, 11) is 0. The molecule has 0 fully saturated rings. The number of hydrogen-bond donors (Lipinski definition) is 1. The average Bonchev–Trinajstić information content (AvgIpc) is 2.17. The molecule has 0 aromatic carbocycles. The monoisotopic (exact) mass is 144 g/mol. The highest BCUT2D eigenvalue weighted by Gasteiger charge is 1.96. The Morgan fingerprint density at radius 1 is 1.89 bits per heavy atom. The maximum absolute atomic E-state index is 5.27. The molecule has 0 amide bonds. The fourth-order valence-corrected chi connectivity index (χ4v) is 0.895. The van der Waals surface area contributed by atoms with Crippen LogP contribution in [0.15, 0.2) is 10.6 Å². The van der Waals surface area contributed by atoms with Crippen molar-refractivity contribution in [3.05, 3.63) is 12.1 Å². The number of hydrogen-bond acceptors (Lipinski definition) is 4. The van der Waals surface area contributed by atoms with E-state index in [2.05, 4.69) is 4.98 Å². The number of oxazole rings is 1. The van der Waals surface area contributed by atoms with Gasteiger partial charge in [-0.05, 0) is 6.26 Å². The van der Waals surface area contributed by atoms with Crippen LogP contribution in [0.5, 0.6) is 0 Å². The standard InChI is InChI=1S/C5H8N2OS/c1-9-3-5-7-2-4(6)8-5/h2H,3,6H2,1H3. The zero-order valence-corrected chi connectivity index (χ0v) is 5.94. The first kappa shape index (κ1) is 6.48. The summed E-state index contributed by atoms with van der Waals surface area (Å²) in [6, 6.07) is 0. The zero-order chi connectivity index (χ0) is 6.69. The topological polar surface area (TPSA) is 52.0 Å². The SMILES string of the molecule is CSCc1ncc(N)o1.